The van der Waals surface area contributed by atoms with Gasteiger partial charge in [0, 0.05) is 11.6 Å². The number of imidazole rings is 1. The van der Waals surface area contributed by atoms with Crippen LogP contribution >= 0.6 is 0 Å². The molecule has 0 radical (unpaired) electrons. The van der Waals surface area contributed by atoms with E-state index in [-0.39, 0.29) is 17.9 Å². The first-order valence-electron chi connectivity index (χ1n) is 6.64. The Bertz CT molecular complexity index is 585. The van der Waals surface area contributed by atoms with E-state index in [9.17, 15) is 9.90 Å². The summed E-state index contributed by atoms with van der Waals surface area (Å²) < 4.78 is 0. The van der Waals surface area contributed by atoms with Gasteiger partial charge >= 0.3 is 0 Å². The van der Waals surface area contributed by atoms with Crippen LogP contribution in [-0.4, -0.2) is 27.1 Å². The van der Waals surface area contributed by atoms with E-state index >= 15 is 0 Å². The molecule has 3 rings (SSSR count). The van der Waals surface area contributed by atoms with Crippen LogP contribution in [0.1, 0.15) is 25.7 Å². The van der Waals surface area contributed by atoms with Gasteiger partial charge in [-0.1, -0.05) is 0 Å². The van der Waals surface area contributed by atoms with E-state index in [4.69, 9.17) is 0 Å². The molecule has 5 nitrogen and oxygen atoms in total. The van der Waals surface area contributed by atoms with Crippen LogP contribution in [0.15, 0.2) is 24.5 Å². The highest BCUT2D eigenvalue weighted by Crippen LogP contribution is 2.26. The van der Waals surface area contributed by atoms with Crippen molar-refractivity contribution in [2.24, 2.45) is 5.92 Å². The molecular formula is C14H17N3O2. The Hall–Kier alpha value is -1.88. The predicted molar refractivity (Wildman–Crippen MR) is 72.7 cm³/mol. The van der Waals surface area contributed by atoms with Crippen molar-refractivity contribution in [3.8, 4) is 0 Å². The lowest BCUT2D eigenvalue weighted by Crippen LogP contribution is -2.28. The number of benzene rings is 1. The second-order valence-electron chi connectivity index (χ2n) is 5.13. The maximum atomic E-state index is 12.1. The summed E-state index contributed by atoms with van der Waals surface area (Å²) in [6, 6.07) is 5.63. The first-order valence-corrected chi connectivity index (χ1v) is 6.64. The van der Waals surface area contributed by atoms with Crippen LogP contribution in [0.5, 0.6) is 0 Å². The highest BCUT2D eigenvalue weighted by Gasteiger charge is 2.25. The molecule has 2 aromatic rings. The molecule has 19 heavy (non-hydrogen) atoms. The van der Waals surface area contributed by atoms with Crippen LogP contribution in [-0.2, 0) is 4.79 Å². The molecule has 1 fully saturated rings. The van der Waals surface area contributed by atoms with Crippen LogP contribution in [0.25, 0.3) is 11.0 Å². The first-order chi connectivity index (χ1) is 9.22. The van der Waals surface area contributed by atoms with Crippen molar-refractivity contribution < 1.29 is 9.90 Å². The number of rotatable bonds is 2. The Labute approximate surface area is 111 Å². The van der Waals surface area contributed by atoms with Gasteiger partial charge in [-0.25, -0.2) is 4.98 Å². The van der Waals surface area contributed by atoms with Gasteiger partial charge in [-0.15, -0.1) is 0 Å². The highest BCUT2D eigenvalue weighted by molar-refractivity contribution is 5.94. The second-order valence-corrected chi connectivity index (χ2v) is 5.13. The largest absolute Gasteiger partial charge is 0.393 e. The van der Waals surface area contributed by atoms with E-state index in [1.165, 1.54) is 0 Å². The number of carbonyl (C=O) groups excluding carboxylic acids is 1. The molecular weight excluding hydrogens is 242 g/mol. The molecule has 0 unspecified atom stereocenters. The van der Waals surface area contributed by atoms with Crippen LogP contribution in [0.4, 0.5) is 5.69 Å². The van der Waals surface area contributed by atoms with E-state index in [1.54, 1.807) is 6.33 Å². The Balaban J connectivity index is 1.68. The zero-order valence-electron chi connectivity index (χ0n) is 10.6. The Morgan fingerprint density at radius 1 is 1.32 bits per heavy atom. The average molecular weight is 259 g/mol. The van der Waals surface area contributed by atoms with E-state index in [1.807, 2.05) is 18.2 Å². The number of hydrogen-bond acceptors (Lipinski definition) is 3. The third-order valence-electron chi connectivity index (χ3n) is 3.76. The smallest absolute Gasteiger partial charge is 0.227 e. The summed E-state index contributed by atoms with van der Waals surface area (Å²) in [6.07, 6.45) is 4.37. The molecule has 1 aromatic carbocycles. The summed E-state index contributed by atoms with van der Waals surface area (Å²) in [7, 11) is 0. The highest BCUT2D eigenvalue weighted by atomic mass is 16.3. The number of anilines is 1. The van der Waals surface area contributed by atoms with Gasteiger partial charge in [0.2, 0.25) is 5.91 Å². The monoisotopic (exact) mass is 259 g/mol. The van der Waals surface area contributed by atoms with Crippen molar-refractivity contribution in [2.75, 3.05) is 5.32 Å². The molecule has 0 saturated heterocycles. The molecule has 1 heterocycles. The lowest BCUT2D eigenvalue weighted by molar-refractivity contribution is -0.121. The molecule has 0 aliphatic heterocycles. The molecule has 3 N–H and O–H groups in total. The maximum absolute atomic E-state index is 12.1. The van der Waals surface area contributed by atoms with Gasteiger partial charge in [0.1, 0.15) is 0 Å². The normalized spacial score (nSPS) is 23.4. The minimum atomic E-state index is -0.231. The Morgan fingerprint density at radius 3 is 2.89 bits per heavy atom. The molecule has 100 valence electrons. The average Bonchev–Trinajstić information content (AvgIpc) is 2.87. The van der Waals surface area contributed by atoms with Crippen molar-refractivity contribution in [1.29, 1.82) is 0 Å². The van der Waals surface area contributed by atoms with Crippen molar-refractivity contribution in [3.63, 3.8) is 0 Å². The van der Waals surface area contributed by atoms with E-state index < -0.39 is 0 Å². The summed E-state index contributed by atoms with van der Waals surface area (Å²) in [6.45, 7) is 0. The van der Waals surface area contributed by atoms with Gasteiger partial charge < -0.3 is 15.4 Å². The number of carbonyl (C=O) groups is 1. The summed E-state index contributed by atoms with van der Waals surface area (Å²) >= 11 is 0. The van der Waals surface area contributed by atoms with Crippen molar-refractivity contribution >= 4 is 22.6 Å². The number of hydrogen-bond donors (Lipinski definition) is 3. The van der Waals surface area contributed by atoms with Gasteiger partial charge in [-0.3, -0.25) is 4.79 Å². The lowest BCUT2D eigenvalue weighted by atomic mass is 9.87. The minimum absolute atomic E-state index is 0.0147. The van der Waals surface area contributed by atoms with E-state index in [0.717, 1.165) is 42.4 Å². The number of H-pyrrole nitrogens is 1. The van der Waals surface area contributed by atoms with Gasteiger partial charge in [0.25, 0.3) is 0 Å². The fourth-order valence-electron chi connectivity index (χ4n) is 2.60. The van der Waals surface area contributed by atoms with E-state index in [2.05, 4.69) is 15.3 Å². The number of nitrogens with one attached hydrogen (secondary N) is 2. The second kappa shape index (κ2) is 5.01. The molecule has 1 aliphatic carbocycles. The van der Waals surface area contributed by atoms with Crippen LogP contribution in [0.3, 0.4) is 0 Å². The molecule has 0 atom stereocenters. The number of nitrogens with zero attached hydrogens (tertiary/aromatic N) is 1. The van der Waals surface area contributed by atoms with Crippen molar-refractivity contribution in [3.05, 3.63) is 24.5 Å². The number of fused-ring (bicyclic) bond motifs is 1. The minimum Gasteiger partial charge on any atom is -0.393 e. The molecule has 0 bridgehead atoms. The predicted octanol–water partition coefficient (Wildman–Crippen LogP) is 2.05. The summed E-state index contributed by atoms with van der Waals surface area (Å²) in [5, 5.41) is 12.4. The Kier molecular flexibility index (Phi) is 3.21. The Morgan fingerprint density at radius 2 is 2.11 bits per heavy atom. The fourth-order valence-corrected chi connectivity index (χ4v) is 2.60. The number of aliphatic hydroxyl groups excluding tert-OH is 1. The molecule has 1 aliphatic rings. The number of aromatic amines is 1. The molecule has 1 aromatic heterocycles. The van der Waals surface area contributed by atoms with Gasteiger partial charge in [-0.05, 0) is 43.9 Å². The summed E-state index contributed by atoms with van der Waals surface area (Å²) in [5.41, 5.74) is 2.59. The van der Waals surface area contributed by atoms with Crippen LogP contribution < -0.4 is 5.32 Å². The topological polar surface area (TPSA) is 78.0 Å². The lowest BCUT2D eigenvalue weighted by Gasteiger charge is -2.24. The third-order valence-corrected chi connectivity index (χ3v) is 3.76. The SMILES string of the molecule is O=C(Nc1ccc2nc[nH]c2c1)C1CCC(O)CC1. The quantitative estimate of drug-likeness (QED) is 0.772. The zero-order valence-corrected chi connectivity index (χ0v) is 10.6. The van der Waals surface area contributed by atoms with Gasteiger partial charge in [0.15, 0.2) is 0 Å². The zero-order chi connectivity index (χ0) is 13.2. The standard InChI is InChI=1S/C14H17N3O2/c18-11-4-1-9(2-5-11)14(19)17-10-3-6-12-13(7-10)16-8-15-12/h3,6-9,11,18H,1-2,4-5H2,(H,15,16)(H,17,19). The van der Waals surface area contributed by atoms with Crippen LogP contribution in [0.2, 0.25) is 0 Å². The summed E-state index contributed by atoms with van der Waals surface area (Å²) in [5.74, 6) is 0.0617. The molecule has 1 saturated carbocycles. The molecule has 5 heteroatoms. The number of amides is 1. The van der Waals surface area contributed by atoms with Gasteiger partial charge in [-0.2, -0.15) is 0 Å². The number of aromatic nitrogens is 2. The molecule has 1 amide bonds. The number of aliphatic hydroxyl groups is 1. The van der Waals surface area contributed by atoms with Crippen LogP contribution in [0, 0.1) is 5.92 Å². The maximum Gasteiger partial charge on any atom is 0.227 e. The van der Waals surface area contributed by atoms with Crippen molar-refractivity contribution in [2.45, 2.75) is 31.8 Å². The third kappa shape index (κ3) is 2.61. The van der Waals surface area contributed by atoms with E-state index in [0.29, 0.717) is 0 Å². The first kappa shape index (κ1) is 12.2. The summed E-state index contributed by atoms with van der Waals surface area (Å²) in [4.78, 5) is 19.3. The molecule has 0 spiro atoms. The van der Waals surface area contributed by atoms with Crippen molar-refractivity contribution in [1.82, 2.24) is 9.97 Å². The van der Waals surface area contributed by atoms with Gasteiger partial charge in [0.05, 0.1) is 23.5 Å². The fraction of sp³-hybridized carbons (Fsp3) is 0.429.